The monoisotopic (exact) mass is 317 g/mol. The molecule has 0 radical (unpaired) electrons. The summed E-state index contributed by atoms with van der Waals surface area (Å²) in [5.74, 6) is 1.21. The Hall–Kier alpha value is -2.75. The molecule has 1 aromatic carbocycles. The van der Waals surface area contributed by atoms with Crippen molar-refractivity contribution in [3.05, 3.63) is 53.6 Å². The summed E-state index contributed by atoms with van der Waals surface area (Å²) >= 11 is 0. The first-order valence-corrected chi connectivity index (χ1v) is 8.17. The third kappa shape index (κ3) is 2.26. The first kappa shape index (κ1) is 14.8. The highest BCUT2D eigenvalue weighted by atomic mass is 16.3. The van der Waals surface area contributed by atoms with Gasteiger partial charge in [-0.2, -0.15) is 0 Å². The maximum absolute atomic E-state index is 6.16. The van der Waals surface area contributed by atoms with Crippen LogP contribution in [0.15, 0.2) is 40.9 Å². The molecule has 4 nitrogen and oxygen atoms in total. The molecule has 0 saturated heterocycles. The first-order valence-electron chi connectivity index (χ1n) is 8.17. The van der Waals surface area contributed by atoms with Gasteiger partial charge in [-0.15, -0.1) is 0 Å². The van der Waals surface area contributed by atoms with Crippen molar-refractivity contribution in [1.29, 1.82) is 0 Å². The lowest BCUT2D eigenvalue weighted by Crippen LogP contribution is -1.91. The predicted molar refractivity (Wildman–Crippen MR) is 96.1 cm³/mol. The van der Waals surface area contributed by atoms with Crippen molar-refractivity contribution in [2.24, 2.45) is 0 Å². The molecule has 4 heteroatoms. The number of aromatic nitrogens is 3. The molecule has 0 fully saturated rings. The van der Waals surface area contributed by atoms with Gasteiger partial charge in [0, 0.05) is 17.1 Å². The van der Waals surface area contributed by atoms with Crippen LogP contribution < -0.4 is 0 Å². The Kier molecular flexibility index (Phi) is 3.34. The Morgan fingerprint density at radius 1 is 1.00 bits per heavy atom. The molecule has 0 saturated carbocycles. The van der Waals surface area contributed by atoms with Crippen LogP contribution in [-0.4, -0.2) is 15.0 Å². The minimum atomic E-state index is 0.456. The number of fused-ring (bicyclic) bond motifs is 3. The minimum absolute atomic E-state index is 0.456. The van der Waals surface area contributed by atoms with Gasteiger partial charge in [-0.05, 0) is 49.6 Å². The molecule has 24 heavy (non-hydrogen) atoms. The number of hydrogen-bond donors (Lipinski definition) is 0. The molecule has 0 aliphatic heterocycles. The van der Waals surface area contributed by atoms with Gasteiger partial charge in [0.15, 0.2) is 5.58 Å². The van der Waals surface area contributed by atoms with Crippen LogP contribution in [0.25, 0.3) is 33.3 Å². The fourth-order valence-electron chi connectivity index (χ4n) is 3.10. The van der Waals surface area contributed by atoms with Gasteiger partial charge < -0.3 is 4.42 Å². The lowest BCUT2D eigenvalue weighted by atomic mass is 10.0. The van der Waals surface area contributed by atoms with E-state index in [1.807, 2.05) is 38.2 Å². The highest BCUT2D eigenvalue weighted by Crippen LogP contribution is 2.35. The number of para-hydroxylation sites is 1. The largest absolute Gasteiger partial charge is 0.452 e. The molecule has 0 aliphatic rings. The summed E-state index contributed by atoms with van der Waals surface area (Å²) in [7, 11) is 0. The van der Waals surface area contributed by atoms with E-state index in [-0.39, 0.29) is 0 Å². The van der Waals surface area contributed by atoms with Crippen LogP contribution in [-0.2, 0) is 0 Å². The SMILES string of the molecule is Cc1nc(C)c2oc3c(-c4cc(C(C)C)ccn4)cccc3c2n1. The molecule has 0 atom stereocenters. The van der Waals surface area contributed by atoms with Gasteiger partial charge in [-0.25, -0.2) is 9.97 Å². The number of rotatable bonds is 2. The van der Waals surface area contributed by atoms with E-state index in [4.69, 9.17) is 4.42 Å². The van der Waals surface area contributed by atoms with Crippen LogP contribution in [0.2, 0.25) is 0 Å². The molecule has 0 aliphatic carbocycles. The highest BCUT2D eigenvalue weighted by molar-refractivity contribution is 6.07. The molecule has 0 N–H and O–H groups in total. The maximum Gasteiger partial charge on any atom is 0.175 e. The van der Waals surface area contributed by atoms with Gasteiger partial charge in [0.1, 0.15) is 16.9 Å². The zero-order valence-corrected chi connectivity index (χ0v) is 14.3. The van der Waals surface area contributed by atoms with Crippen molar-refractivity contribution in [1.82, 2.24) is 15.0 Å². The molecule has 4 rings (SSSR count). The minimum Gasteiger partial charge on any atom is -0.452 e. The number of pyridine rings is 1. The van der Waals surface area contributed by atoms with E-state index in [2.05, 4.69) is 40.9 Å². The van der Waals surface area contributed by atoms with Crippen molar-refractivity contribution in [3.8, 4) is 11.3 Å². The second kappa shape index (κ2) is 5.41. The first-order chi connectivity index (χ1) is 11.5. The summed E-state index contributed by atoms with van der Waals surface area (Å²) in [6.07, 6.45) is 1.86. The van der Waals surface area contributed by atoms with E-state index in [1.54, 1.807) is 0 Å². The van der Waals surface area contributed by atoms with Crippen molar-refractivity contribution >= 4 is 22.1 Å². The molecule has 0 spiro atoms. The van der Waals surface area contributed by atoms with Gasteiger partial charge in [0.2, 0.25) is 0 Å². The number of furan rings is 1. The van der Waals surface area contributed by atoms with Gasteiger partial charge in [0.05, 0.1) is 11.4 Å². The Morgan fingerprint density at radius 3 is 2.62 bits per heavy atom. The second-order valence-corrected chi connectivity index (χ2v) is 6.45. The lowest BCUT2D eigenvalue weighted by Gasteiger charge is -2.07. The van der Waals surface area contributed by atoms with Crippen LogP contribution in [0.4, 0.5) is 0 Å². The number of hydrogen-bond acceptors (Lipinski definition) is 4. The topological polar surface area (TPSA) is 51.8 Å². The molecule has 0 unspecified atom stereocenters. The molecule has 3 heterocycles. The molecule has 4 aromatic rings. The Labute approximate surface area is 140 Å². The third-order valence-corrected chi connectivity index (χ3v) is 4.35. The van der Waals surface area contributed by atoms with Crippen molar-refractivity contribution in [3.63, 3.8) is 0 Å². The summed E-state index contributed by atoms with van der Waals surface area (Å²) in [6, 6.07) is 10.3. The molecule has 0 bridgehead atoms. The Morgan fingerprint density at radius 2 is 1.83 bits per heavy atom. The maximum atomic E-state index is 6.16. The second-order valence-electron chi connectivity index (χ2n) is 6.45. The number of nitrogens with zero attached hydrogens (tertiary/aromatic N) is 3. The standard InChI is InChI=1S/C20H19N3O/c1-11(2)14-8-9-21-17(10-14)15-6-5-7-16-18-19(24-20(15)16)12(3)22-13(4)23-18/h5-11H,1-4H3. The molecular formula is C20H19N3O. The van der Waals surface area contributed by atoms with Crippen molar-refractivity contribution in [2.45, 2.75) is 33.6 Å². The van der Waals surface area contributed by atoms with Crippen molar-refractivity contribution < 1.29 is 4.42 Å². The van der Waals surface area contributed by atoms with Gasteiger partial charge >= 0.3 is 0 Å². The van der Waals surface area contributed by atoms with Gasteiger partial charge in [-0.1, -0.05) is 19.9 Å². The fourth-order valence-corrected chi connectivity index (χ4v) is 3.10. The van der Waals surface area contributed by atoms with Crippen molar-refractivity contribution in [2.75, 3.05) is 0 Å². The number of benzene rings is 1. The molecular weight excluding hydrogens is 298 g/mol. The van der Waals surface area contributed by atoms with Crippen LogP contribution in [0.1, 0.15) is 36.8 Å². The third-order valence-electron chi connectivity index (χ3n) is 4.35. The molecule has 120 valence electrons. The van der Waals surface area contributed by atoms with Gasteiger partial charge in [0.25, 0.3) is 0 Å². The van der Waals surface area contributed by atoms with Crippen LogP contribution in [0.3, 0.4) is 0 Å². The quantitative estimate of drug-likeness (QED) is 0.511. The number of aryl methyl sites for hydroxylation is 2. The van der Waals surface area contributed by atoms with Crippen LogP contribution in [0, 0.1) is 13.8 Å². The molecule has 0 amide bonds. The van der Waals surface area contributed by atoms with E-state index in [1.165, 1.54) is 5.56 Å². The Bertz CT molecular complexity index is 1060. The fraction of sp³-hybridized carbons (Fsp3) is 0.250. The Balaban J connectivity index is 2.03. The summed E-state index contributed by atoms with van der Waals surface area (Å²) in [6.45, 7) is 8.23. The van der Waals surface area contributed by atoms with Crippen LogP contribution in [0.5, 0.6) is 0 Å². The van der Waals surface area contributed by atoms with Crippen LogP contribution >= 0.6 is 0 Å². The summed E-state index contributed by atoms with van der Waals surface area (Å²) in [4.78, 5) is 13.6. The summed E-state index contributed by atoms with van der Waals surface area (Å²) in [5.41, 5.74) is 6.49. The normalized spacial score (nSPS) is 11.7. The van der Waals surface area contributed by atoms with E-state index in [0.29, 0.717) is 5.92 Å². The van der Waals surface area contributed by atoms with Gasteiger partial charge in [-0.3, -0.25) is 4.98 Å². The van der Waals surface area contributed by atoms with E-state index in [0.717, 1.165) is 44.8 Å². The lowest BCUT2D eigenvalue weighted by molar-refractivity contribution is 0.661. The average molecular weight is 317 g/mol. The smallest absolute Gasteiger partial charge is 0.175 e. The summed E-state index contributed by atoms with van der Waals surface area (Å²) in [5, 5.41) is 1.01. The summed E-state index contributed by atoms with van der Waals surface area (Å²) < 4.78 is 6.16. The predicted octanol–water partition coefficient (Wildman–Crippen LogP) is 5.18. The van der Waals surface area contributed by atoms with E-state index in [9.17, 15) is 0 Å². The molecule has 3 aromatic heterocycles. The zero-order chi connectivity index (χ0) is 16.8. The zero-order valence-electron chi connectivity index (χ0n) is 14.3. The van der Waals surface area contributed by atoms with E-state index < -0.39 is 0 Å². The highest BCUT2D eigenvalue weighted by Gasteiger charge is 2.16. The van der Waals surface area contributed by atoms with E-state index >= 15 is 0 Å². The average Bonchev–Trinajstić information content (AvgIpc) is 2.94.